The van der Waals surface area contributed by atoms with Crippen LogP contribution in [0, 0.1) is 0 Å². The van der Waals surface area contributed by atoms with Gasteiger partial charge in [-0.15, -0.1) is 5.10 Å². The molecule has 2 aromatic rings. The molecule has 33 heavy (non-hydrogen) atoms. The first-order valence-corrected chi connectivity index (χ1v) is 13.4. The van der Waals surface area contributed by atoms with Crippen molar-refractivity contribution in [2.75, 3.05) is 23.7 Å². The fraction of sp³-hybridized carbons (Fsp3) is 0.400. The maximum absolute atomic E-state index is 13.3. The lowest BCUT2D eigenvalue weighted by molar-refractivity contribution is -0.116. The summed E-state index contributed by atoms with van der Waals surface area (Å²) >= 11 is 5.13. The summed E-state index contributed by atoms with van der Waals surface area (Å²) in [5.41, 5.74) is 2.72. The average Bonchev–Trinajstić information content (AvgIpc) is 2.82. The summed E-state index contributed by atoms with van der Waals surface area (Å²) in [4.78, 5) is 20.6. The van der Waals surface area contributed by atoms with Gasteiger partial charge in [0.2, 0.25) is 0 Å². The van der Waals surface area contributed by atoms with Crippen LogP contribution >= 0.6 is 27.7 Å². The van der Waals surface area contributed by atoms with Crippen LogP contribution < -0.4 is 20.8 Å². The molecule has 0 unspecified atom stereocenters. The van der Waals surface area contributed by atoms with E-state index in [4.69, 9.17) is 10.1 Å². The third-order valence-corrected chi connectivity index (χ3v) is 7.32. The Morgan fingerprint density at radius 1 is 1.09 bits per heavy atom. The number of amidine groups is 1. The SMILES string of the molecule is CCCCCSC1=NN2C(=c3cc(Br)ccc3=N[C@@H]2c2ccc(N(CC)CC)cc2)C(=O)N1. The molecule has 0 fully saturated rings. The molecule has 6 nitrogen and oxygen atoms in total. The standard InChI is InChI=1S/C25H30BrN5OS/c1-4-7-8-15-33-25-28-24(32)22-20-16-18(26)11-14-21(20)27-23(31(22)29-25)17-9-12-19(13-10-17)30(5-2)6-3/h9-14,16,23H,4-8,15H2,1-3H3,(H,28,29,32)/t23-/m0/s1. The number of hydrazone groups is 1. The molecular weight excluding hydrogens is 498 g/mol. The monoisotopic (exact) mass is 527 g/mol. The van der Waals surface area contributed by atoms with E-state index in [2.05, 4.69) is 71.2 Å². The summed E-state index contributed by atoms with van der Waals surface area (Å²) in [7, 11) is 0. The van der Waals surface area contributed by atoms with Crippen LogP contribution in [0.1, 0.15) is 51.8 Å². The number of benzene rings is 2. The van der Waals surface area contributed by atoms with Gasteiger partial charge in [0, 0.05) is 34.2 Å². The first-order valence-electron chi connectivity index (χ1n) is 11.6. The molecule has 4 rings (SSSR count). The van der Waals surface area contributed by atoms with Crippen LogP contribution in [0.5, 0.6) is 0 Å². The molecule has 0 spiro atoms. The van der Waals surface area contributed by atoms with Gasteiger partial charge in [0.15, 0.2) is 11.3 Å². The lowest BCUT2D eigenvalue weighted by Crippen LogP contribution is -2.50. The summed E-state index contributed by atoms with van der Waals surface area (Å²) in [6.45, 7) is 8.42. The molecular formula is C25H30BrN5OS. The molecule has 0 saturated carbocycles. The van der Waals surface area contributed by atoms with Crippen LogP contribution in [-0.4, -0.2) is 34.9 Å². The van der Waals surface area contributed by atoms with E-state index in [9.17, 15) is 4.79 Å². The summed E-state index contributed by atoms with van der Waals surface area (Å²) in [5.74, 6) is 0.792. The van der Waals surface area contributed by atoms with Crippen molar-refractivity contribution in [1.29, 1.82) is 0 Å². The Hall–Kier alpha value is -2.32. The number of unbranched alkanes of at least 4 members (excludes halogenated alkanes) is 2. The van der Waals surface area contributed by atoms with Gasteiger partial charge in [-0.05, 0) is 56.2 Å². The molecule has 174 valence electrons. The fourth-order valence-electron chi connectivity index (χ4n) is 4.10. The van der Waals surface area contributed by atoms with Gasteiger partial charge in [0.05, 0.1) is 5.36 Å². The molecule has 1 amide bonds. The van der Waals surface area contributed by atoms with Crippen LogP contribution in [0.25, 0.3) is 5.70 Å². The Morgan fingerprint density at radius 3 is 2.55 bits per heavy atom. The van der Waals surface area contributed by atoms with Crippen molar-refractivity contribution in [3.05, 3.63) is 63.1 Å². The molecule has 0 bridgehead atoms. The number of rotatable bonds is 8. The van der Waals surface area contributed by atoms with Crippen molar-refractivity contribution >= 4 is 50.2 Å². The van der Waals surface area contributed by atoms with Gasteiger partial charge in [0.25, 0.3) is 5.91 Å². The number of hydrogen-bond acceptors (Lipinski definition) is 6. The summed E-state index contributed by atoms with van der Waals surface area (Å²) in [6, 6.07) is 14.3. The molecule has 0 radical (unpaired) electrons. The predicted molar refractivity (Wildman–Crippen MR) is 140 cm³/mol. The van der Waals surface area contributed by atoms with Crippen molar-refractivity contribution in [2.45, 2.75) is 46.2 Å². The van der Waals surface area contributed by atoms with Crippen molar-refractivity contribution in [3.63, 3.8) is 0 Å². The van der Waals surface area contributed by atoms with Crippen LogP contribution in [0.3, 0.4) is 0 Å². The smallest absolute Gasteiger partial charge is 0.276 e. The van der Waals surface area contributed by atoms with E-state index in [0.29, 0.717) is 10.9 Å². The Labute approximate surface area is 208 Å². The second kappa shape index (κ2) is 10.7. The van der Waals surface area contributed by atoms with Gasteiger partial charge in [-0.3, -0.25) is 15.1 Å². The zero-order valence-electron chi connectivity index (χ0n) is 19.3. The van der Waals surface area contributed by atoms with Crippen LogP contribution in [0.2, 0.25) is 0 Å². The lowest BCUT2D eigenvalue weighted by atomic mass is 10.1. The van der Waals surface area contributed by atoms with E-state index in [1.165, 1.54) is 18.5 Å². The van der Waals surface area contributed by atoms with Gasteiger partial charge in [0.1, 0.15) is 5.70 Å². The van der Waals surface area contributed by atoms with Crippen LogP contribution in [0.15, 0.2) is 57.0 Å². The molecule has 8 heteroatoms. The highest BCUT2D eigenvalue weighted by atomic mass is 79.9. The maximum atomic E-state index is 13.3. The number of nitrogens with zero attached hydrogens (tertiary/aromatic N) is 4. The van der Waals surface area contributed by atoms with E-state index in [1.807, 2.05) is 18.2 Å². The Kier molecular flexibility index (Phi) is 7.75. The molecule has 2 aliphatic heterocycles. The summed E-state index contributed by atoms with van der Waals surface area (Å²) in [6.07, 6.45) is 3.05. The first kappa shape index (κ1) is 23.8. The molecule has 2 aliphatic rings. The van der Waals surface area contributed by atoms with Crippen molar-refractivity contribution in [1.82, 2.24) is 10.3 Å². The minimum absolute atomic E-state index is 0.137. The number of carbonyl (C=O) groups is 1. The van der Waals surface area contributed by atoms with Crippen LogP contribution in [-0.2, 0) is 4.79 Å². The lowest BCUT2D eigenvalue weighted by Gasteiger charge is -2.34. The minimum Gasteiger partial charge on any atom is -0.372 e. The second-order valence-corrected chi connectivity index (χ2v) is 10.0. The first-order chi connectivity index (χ1) is 16.0. The van der Waals surface area contributed by atoms with E-state index < -0.39 is 6.17 Å². The zero-order chi connectivity index (χ0) is 23.4. The third-order valence-electron chi connectivity index (χ3n) is 5.88. The van der Waals surface area contributed by atoms with E-state index in [-0.39, 0.29) is 5.91 Å². The van der Waals surface area contributed by atoms with Crippen molar-refractivity contribution < 1.29 is 4.79 Å². The van der Waals surface area contributed by atoms with Gasteiger partial charge < -0.3 is 4.90 Å². The molecule has 0 aromatic heterocycles. The Bertz CT molecular complexity index is 1160. The molecule has 2 aromatic carbocycles. The number of hydrogen-bond donors (Lipinski definition) is 1. The van der Waals surface area contributed by atoms with Crippen molar-refractivity contribution in [2.24, 2.45) is 10.1 Å². The summed E-state index contributed by atoms with van der Waals surface area (Å²) in [5, 5.41) is 11.9. The van der Waals surface area contributed by atoms with Gasteiger partial charge in [-0.1, -0.05) is 59.6 Å². The number of thioether (sulfide) groups is 1. The molecule has 0 aliphatic carbocycles. The molecule has 0 saturated heterocycles. The van der Waals surface area contributed by atoms with E-state index >= 15 is 0 Å². The number of carbonyl (C=O) groups excluding carboxylic acids is 1. The topological polar surface area (TPSA) is 60.3 Å². The number of halogens is 1. The molecule has 1 N–H and O–H groups in total. The largest absolute Gasteiger partial charge is 0.372 e. The minimum atomic E-state index is -0.392. The predicted octanol–water partition coefficient (Wildman–Crippen LogP) is 4.36. The summed E-state index contributed by atoms with van der Waals surface area (Å²) < 4.78 is 0.905. The Morgan fingerprint density at radius 2 is 1.85 bits per heavy atom. The normalized spacial score (nSPS) is 17.0. The molecule has 1 atom stereocenters. The van der Waals surface area contributed by atoms with E-state index in [1.54, 1.807) is 16.8 Å². The number of nitrogens with one attached hydrogen (secondary N) is 1. The van der Waals surface area contributed by atoms with Crippen molar-refractivity contribution in [3.8, 4) is 0 Å². The highest BCUT2D eigenvalue weighted by Crippen LogP contribution is 2.32. The van der Waals surface area contributed by atoms with Gasteiger partial charge in [-0.2, -0.15) is 0 Å². The number of anilines is 1. The number of fused-ring (bicyclic) bond motifs is 2. The second-order valence-electron chi connectivity index (χ2n) is 8.04. The number of amides is 1. The quantitative estimate of drug-likeness (QED) is 0.518. The molecule has 2 heterocycles. The third kappa shape index (κ3) is 5.11. The van der Waals surface area contributed by atoms with Crippen LogP contribution in [0.4, 0.5) is 5.69 Å². The highest BCUT2D eigenvalue weighted by molar-refractivity contribution is 9.10. The Balaban J connectivity index is 1.75. The fourth-order valence-corrected chi connectivity index (χ4v) is 5.31. The highest BCUT2D eigenvalue weighted by Gasteiger charge is 2.34. The van der Waals surface area contributed by atoms with Gasteiger partial charge in [-0.25, -0.2) is 5.01 Å². The maximum Gasteiger partial charge on any atom is 0.276 e. The zero-order valence-corrected chi connectivity index (χ0v) is 21.7. The van der Waals surface area contributed by atoms with E-state index in [0.717, 1.165) is 45.9 Å². The van der Waals surface area contributed by atoms with Gasteiger partial charge >= 0.3 is 0 Å². The average molecular weight is 529 g/mol.